The van der Waals surface area contributed by atoms with Crippen LogP contribution in [0.4, 0.5) is 30.5 Å². The molecule has 0 spiro atoms. The fourth-order valence-corrected chi connectivity index (χ4v) is 15.1. The van der Waals surface area contributed by atoms with Gasteiger partial charge >= 0.3 is 12.0 Å². The number of phenols is 1. The number of carbonyl (C=O) groups excluding carboxylic acids is 2. The van der Waals surface area contributed by atoms with Gasteiger partial charge in [0.25, 0.3) is 0 Å². The third-order valence-corrected chi connectivity index (χ3v) is 21.2. The number of carbonyl (C=O) groups is 2. The quantitative estimate of drug-likeness (QED) is 0.0317. The van der Waals surface area contributed by atoms with E-state index in [-0.39, 0.29) is 77.6 Å². The molecular weight excluding hydrogens is 1380 g/mol. The van der Waals surface area contributed by atoms with Crippen LogP contribution in [0.5, 0.6) is 17.8 Å². The van der Waals surface area contributed by atoms with E-state index < -0.39 is 24.2 Å². The minimum atomic E-state index is -1.30. The van der Waals surface area contributed by atoms with E-state index in [1.165, 1.54) is 22.6 Å². The number of aryl methyl sites for hydroxylation is 3. The number of nitrogens with zero attached hydrogens (tertiary/aromatic N) is 14. The topological polar surface area (TPSA) is 185 Å². The number of aliphatic imine (C=N–C) groups is 1. The number of phenolic OH excluding ortho intramolecular Hbond substituents is 1. The Balaban J connectivity index is 0.000000174. The largest absolute Gasteiger partial charge is 0.508 e. The number of halogens is 5. The maximum atomic E-state index is 16.8. The first-order valence-corrected chi connectivity index (χ1v) is 33.1. The number of hydrogen-bond donors (Lipinski definition) is 1. The molecule has 4 aromatic heterocycles. The zero-order valence-corrected chi connectivity index (χ0v) is 56.2. The Morgan fingerprint density at radius 2 is 1.38 bits per heavy atom. The van der Waals surface area contributed by atoms with Gasteiger partial charge in [-0.3, -0.25) is 29.4 Å². The van der Waals surface area contributed by atoms with Crippen molar-refractivity contribution in [3.05, 3.63) is 96.1 Å². The van der Waals surface area contributed by atoms with Crippen molar-refractivity contribution in [1.82, 2.24) is 50.8 Å². The Morgan fingerprint density at radius 1 is 0.756 bits per heavy atom. The Bertz CT molecular complexity index is 3830. The van der Waals surface area contributed by atoms with Crippen molar-refractivity contribution in [1.29, 1.82) is 0 Å². The minimum Gasteiger partial charge on any atom is -0.508 e. The van der Waals surface area contributed by atoms with Gasteiger partial charge in [-0.2, -0.15) is 19.9 Å². The molecule has 10 heterocycles. The van der Waals surface area contributed by atoms with Gasteiger partial charge in [-0.25, -0.2) is 19.5 Å². The molecule has 1 saturated carbocycles. The second kappa shape index (κ2) is 25.9. The number of para-hydroxylation sites is 1. The van der Waals surface area contributed by atoms with Gasteiger partial charge in [-0.15, -0.1) is 0 Å². The summed E-state index contributed by atoms with van der Waals surface area (Å²) >= 11 is 4.30. The summed E-state index contributed by atoms with van der Waals surface area (Å²) in [6.07, 6.45) is 13.3. The summed E-state index contributed by atoms with van der Waals surface area (Å²) in [4.78, 5) is 69.9. The van der Waals surface area contributed by atoms with Crippen LogP contribution in [-0.2, 0) is 9.59 Å². The lowest BCUT2D eigenvalue weighted by atomic mass is 9.92. The van der Waals surface area contributed by atoms with Gasteiger partial charge in [0, 0.05) is 81.8 Å². The Morgan fingerprint density at radius 3 is 2.06 bits per heavy atom. The van der Waals surface area contributed by atoms with Crippen LogP contribution in [0.25, 0.3) is 44.3 Å². The Hall–Kier alpha value is -6.52. The van der Waals surface area contributed by atoms with Crippen molar-refractivity contribution in [3.63, 3.8) is 0 Å². The average Bonchev–Trinajstić information content (AvgIpc) is 0.851. The number of pyridine rings is 2. The lowest BCUT2D eigenvalue weighted by molar-refractivity contribution is -0.125. The lowest BCUT2D eigenvalue weighted by Gasteiger charge is -2.31. The van der Waals surface area contributed by atoms with Gasteiger partial charge in [0.05, 0.1) is 97.1 Å². The Kier molecular flexibility index (Phi) is 18.3. The zero-order valence-electron chi connectivity index (χ0n) is 51.9. The van der Waals surface area contributed by atoms with Crippen molar-refractivity contribution in [2.24, 2.45) is 4.99 Å². The molecule has 5 atom stereocenters. The van der Waals surface area contributed by atoms with Gasteiger partial charge < -0.3 is 34.2 Å². The van der Waals surface area contributed by atoms with Crippen LogP contribution in [0.3, 0.4) is 0 Å². The first-order chi connectivity index (χ1) is 43.2. The molecule has 1 aliphatic carbocycles. The summed E-state index contributed by atoms with van der Waals surface area (Å²) in [5.41, 5.74) is 7.27. The van der Waals surface area contributed by atoms with Gasteiger partial charge in [0.1, 0.15) is 60.0 Å². The van der Waals surface area contributed by atoms with E-state index in [1.54, 1.807) is 41.4 Å². The zero-order chi connectivity index (χ0) is 63.5. The maximum absolute atomic E-state index is 16.8. The second-order valence-corrected chi connectivity index (χ2v) is 29.2. The number of amides is 2. The molecule has 6 saturated heterocycles. The number of fused-ring (bicyclic) bond motifs is 4. The molecule has 1 N–H and O–H groups in total. The fraction of sp³-hybridized carbons (Fsp3) is 0.500. The van der Waals surface area contributed by atoms with E-state index in [9.17, 15) is 19.1 Å². The van der Waals surface area contributed by atoms with E-state index >= 15 is 8.78 Å². The monoisotopic (exact) mass is 1460 g/mol. The fourth-order valence-electron chi connectivity index (χ4n) is 14.9. The van der Waals surface area contributed by atoms with Crippen LogP contribution in [0, 0.1) is 26.6 Å². The number of hydrogen-bond acceptors (Lipinski definition) is 16. The molecule has 6 aromatic rings. The van der Waals surface area contributed by atoms with E-state index in [2.05, 4.69) is 78.7 Å². The van der Waals surface area contributed by atoms with Gasteiger partial charge in [0.2, 0.25) is 11.8 Å². The van der Waals surface area contributed by atoms with Crippen molar-refractivity contribution in [2.45, 2.75) is 133 Å². The highest BCUT2D eigenvalue weighted by Crippen LogP contribution is 2.49. The average molecular weight is 1460 g/mol. The molecule has 0 bridgehead atoms. The number of alkyl halides is 2. The molecular formula is C66H77F3I2N14O5. The van der Waals surface area contributed by atoms with E-state index in [4.69, 9.17) is 34.4 Å². The molecule has 6 aliphatic heterocycles. The third-order valence-electron chi connectivity index (χ3n) is 19.8. The molecule has 2 amide bonds. The van der Waals surface area contributed by atoms with Gasteiger partial charge in [-0.1, -0.05) is 31.4 Å². The predicted octanol–water partition coefficient (Wildman–Crippen LogP) is 11.4. The van der Waals surface area contributed by atoms with Gasteiger partial charge in [0.15, 0.2) is 5.82 Å². The first kappa shape index (κ1) is 63.6. The van der Waals surface area contributed by atoms with Crippen LogP contribution in [0.2, 0.25) is 0 Å². The number of likely N-dealkylation sites (N-methyl/N-ethyl adjacent to an activating group) is 2. The van der Waals surface area contributed by atoms with Crippen LogP contribution in [0.15, 0.2) is 73.0 Å². The second-order valence-electron chi connectivity index (χ2n) is 25.5. The standard InChI is InChI=1S/C34H40F2N6O3.C32H37FI2N8O2/c1-5-28(44)41-16-26(36)27(17-41)40(4)32-25-14-37-30(24-12-23(43)11-19(2)29(24)21-7-8-21)20(3)31(25)38-33(39-32)45-18-34-9-6-10-42(34)15-22(35)13-34;1-5-25(44)41-16-11-22(18-41)40(4)30-24-17-36-28(23-10-6-9-20(2)27(23)37-21(3)43(34)35)26(33)29(24)38-31(39-30)45-19-32-12-7-14-42(32)15-8-13-32/h5,11-12,14,21-22,26-27,43H,1,6-10,13,15-18H2,2-4H3;5-6,9-10,17,22H,1,7-8,11-16,18-19H2,2-4H3/t22-,26+,27?,34?;/m1./s1. The number of rotatable bonds is 16. The number of ether oxygens (including phenoxy) is 2. The van der Waals surface area contributed by atoms with Crippen molar-refractivity contribution in [3.8, 4) is 40.3 Å². The van der Waals surface area contributed by atoms with Crippen LogP contribution in [0.1, 0.15) is 99.3 Å². The lowest BCUT2D eigenvalue weighted by Crippen LogP contribution is -2.43. The molecule has 24 heteroatoms. The minimum absolute atomic E-state index is 0.0130. The first-order valence-electron chi connectivity index (χ1n) is 31.2. The summed E-state index contributed by atoms with van der Waals surface area (Å²) < 4.78 is 61.3. The van der Waals surface area contributed by atoms with Crippen LogP contribution >= 0.6 is 45.7 Å². The molecule has 13 rings (SSSR count). The SMILES string of the molecule is C=CC(=O)N1CC(N(C)c2nc(OCC34CCCN3C[C@H](F)C4)nc3c(C)c(-c4cc(O)cc(C)c4C4CC4)ncc23)[C@@H](F)C1.C=CC(=O)N1CCC(N(C)c2nc(OCC34CCCN3CCC4)nc3c(F)c(-c4cccc(C)c4N=C(C)N(I)I)ncc23)C1. The number of aromatic nitrogens is 6. The number of anilines is 2. The highest BCUT2D eigenvalue weighted by molar-refractivity contribution is 14.2. The van der Waals surface area contributed by atoms with Gasteiger partial charge in [-0.05, 0) is 152 Å². The molecule has 90 heavy (non-hydrogen) atoms. The van der Waals surface area contributed by atoms with E-state index in [0.29, 0.717) is 83.4 Å². The van der Waals surface area contributed by atoms with E-state index in [0.717, 1.165) is 106 Å². The maximum Gasteiger partial charge on any atom is 0.319 e. The predicted molar refractivity (Wildman–Crippen MR) is 360 cm³/mol. The number of amidine groups is 1. The molecule has 2 aromatic carbocycles. The highest BCUT2D eigenvalue weighted by atomic mass is 127. The summed E-state index contributed by atoms with van der Waals surface area (Å²) in [5.74, 6) is 1.38. The molecule has 0 radical (unpaired) electrons. The number of aromatic hydroxyl groups is 1. The number of likely N-dealkylation sites (tertiary alicyclic amines) is 2. The number of benzene rings is 2. The highest BCUT2D eigenvalue weighted by Gasteiger charge is 2.50. The summed E-state index contributed by atoms with van der Waals surface area (Å²) in [7, 11) is 3.69. The van der Waals surface area contributed by atoms with Crippen molar-refractivity contribution < 1.29 is 37.3 Å². The molecule has 7 aliphatic rings. The van der Waals surface area contributed by atoms with Crippen molar-refractivity contribution in [2.75, 3.05) is 89.5 Å². The normalized spacial score (nSPS) is 23.0. The molecule has 3 unspecified atom stereocenters. The summed E-state index contributed by atoms with van der Waals surface area (Å²) in [6, 6.07) is 8.85. The Labute approximate surface area is 551 Å². The summed E-state index contributed by atoms with van der Waals surface area (Å²) in [6.45, 7) is 20.4. The van der Waals surface area contributed by atoms with E-state index in [1.807, 2.05) is 59.2 Å². The molecule has 19 nitrogen and oxygen atoms in total. The smallest absolute Gasteiger partial charge is 0.319 e. The van der Waals surface area contributed by atoms with Crippen LogP contribution < -0.4 is 19.3 Å². The third kappa shape index (κ3) is 12.3. The molecule has 7 fully saturated rings. The van der Waals surface area contributed by atoms with Crippen molar-refractivity contribution >= 4 is 103 Å². The van der Waals surface area contributed by atoms with Crippen LogP contribution in [-0.4, -0.2) is 189 Å². The molecule has 476 valence electrons. The summed E-state index contributed by atoms with van der Waals surface area (Å²) in [5, 5.41) is 11.7.